The third-order valence-electron chi connectivity index (χ3n) is 2.33. The van der Waals surface area contributed by atoms with Gasteiger partial charge in [-0.15, -0.1) is 11.8 Å². The van der Waals surface area contributed by atoms with E-state index in [-0.39, 0.29) is 6.29 Å². The summed E-state index contributed by atoms with van der Waals surface area (Å²) in [5.74, 6) is 1.01. The first-order chi connectivity index (χ1) is 7.84. The molecule has 0 saturated carbocycles. The van der Waals surface area contributed by atoms with Gasteiger partial charge in [-0.25, -0.2) is 0 Å². The first kappa shape index (κ1) is 12.2. The van der Waals surface area contributed by atoms with Gasteiger partial charge in [-0.1, -0.05) is 11.6 Å². The minimum absolute atomic E-state index is 0.00597. The van der Waals surface area contributed by atoms with E-state index in [1.54, 1.807) is 11.8 Å². The minimum atomic E-state index is -0.00597. The number of halogens is 1. The SMILES string of the molecule is Clc1ccc(SCCC2OCCCO2)cc1. The highest BCUT2D eigenvalue weighted by Crippen LogP contribution is 2.22. The predicted octanol–water partition coefficient (Wildman–Crippen LogP) is 3.59. The summed E-state index contributed by atoms with van der Waals surface area (Å²) in [5.41, 5.74) is 0. The fourth-order valence-corrected chi connectivity index (χ4v) is 2.51. The van der Waals surface area contributed by atoms with Crippen LogP contribution >= 0.6 is 23.4 Å². The third kappa shape index (κ3) is 3.98. The third-order valence-corrected chi connectivity index (χ3v) is 3.63. The maximum atomic E-state index is 5.82. The Morgan fingerprint density at radius 2 is 1.88 bits per heavy atom. The van der Waals surface area contributed by atoms with Crippen LogP contribution in [0.15, 0.2) is 29.2 Å². The Bertz CT molecular complexity index is 309. The van der Waals surface area contributed by atoms with E-state index in [2.05, 4.69) is 0 Å². The average molecular weight is 259 g/mol. The van der Waals surface area contributed by atoms with Crippen LogP contribution in [0.5, 0.6) is 0 Å². The van der Waals surface area contributed by atoms with Crippen LogP contribution in [0.3, 0.4) is 0 Å². The van der Waals surface area contributed by atoms with Crippen LogP contribution in [-0.2, 0) is 9.47 Å². The van der Waals surface area contributed by atoms with E-state index in [0.717, 1.165) is 36.8 Å². The van der Waals surface area contributed by atoms with Crippen molar-refractivity contribution in [2.24, 2.45) is 0 Å². The van der Waals surface area contributed by atoms with Crippen molar-refractivity contribution in [1.29, 1.82) is 0 Å². The van der Waals surface area contributed by atoms with E-state index in [0.29, 0.717) is 0 Å². The molecule has 0 spiro atoms. The van der Waals surface area contributed by atoms with Crippen molar-refractivity contribution in [3.63, 3.8) is 0 Å². The smallest absolute Gasteiger partial charge is 0.158 e. The summed E-state index contributed by atoms with van der Waals surface area (Å²) in [6, 6.07) is 7.90. The molecule has 0 aliphatic carbocycles. The number of ether oxygens (including phenoxy) is 2. The lowest BCUT2D eigenvalue weighted by Crippen LogP contribution is -2.25. The summed E-state index contributed by atoms with van der Waals surface area (Å²) in [6.45, 7) is 1.66. The van der Waals surface area contributed by atoms with Gasteiger partial charge in [0.25, 0.3) is 0 Å². The monoisotopic (exact) mass is 258 g/mol. The van der Waals surface area contributed by atoms with Crippen LogP contribution < -0.4 is 0 Å². The molecule has 0 atom stereocenters. The first-order valence-corrected chi connectivity index (χ1v) is 6.82. The fraction of sp³-hybridized carbons (Fsp3) is 0.500. The predicted molar refractivity (Wildman–Crippen MR) is 67.1 cm³/mol. The van der Waals surface area contributed by atoms with Gasteiger partial charge in [0, 0.05) is 22.1 Å². The molecular weight excluding hydrogens is 244 g/mol. The zero-order valence-corrected chi connectivity index (χ0v) is 10.6. The molecular formula is C12H15ClO2S. The second kappa shape index (κ2) is 6.50. The van der Waals surface area contributed by atoms with Crippen molar-refractivity contribution in [2.75, 3.05) is 19.0 Å². The van der Waals surface area contributed by atoms with Gasteiger partial charge in [0.2, 0.25) is 0 Å². The Labute approximate surface area is 105 Å². The number of hydrogen-bond donors (Lipinski definition) is 0. The Kier molecular flexibility index (Phi) is 4.97. The molecule has 0 N–H and O–H groups in total. The summed E-state index contributed by atoms with van der Waals surface area (Å²) >= 11 is 7.62. The highest BCUT2D eigenvalue weighted by molar-refractivity contribution is 7.99. The molecule has 1 aliphatic rings. The van der Waals surface area contributed by atoms with Crippen molar-refractivity contribution < 1.29 is 9.47 Å². The first-order valence-electron chi connectivity index (χ1n) is 5.46. The second-order valence-electron chi connectivity index (χ2n) is 3.62. The van der Waals surface area contributed by atoms with Crippen molar-refractivity contribution in [2.45, 2.75) is 24.0 Å². The number of hydrogen-bond acceptors (Lipinski definition) is 3. The topological polar surface area (TPSA) is 18.5 Å². The Balaban J connectivity index is 1.69. The van der Waals surface area contributed by atoms with Crippen molar-refractivity contribution in [1.82, 2.24) is 0 Å². The molecule has 1 aromatic rings. The largest absolute Gasteiger partial charge is 0.353 e. The molecule has 1 fully saturated rings. The molecule has 0 unspecified atom stereocenters. The molecule has 1 aromatic carbocycles. The molecule has 0 aromatic heterocycles. The molecule has 0 bridgehead atoms. The minimum Gasteiger partial charge on any atom is -0.353 e. The van der Waals surface area contributed by atoms with Gasteiger partial charge in [0.05, 0.1) is 13.2 Å². The number of rotatable bonds is 4. The van der Waals surface area contributed by atoms with Gasteiger partial charge in [0.1, 0.15) is 0 Å². The average Bonchev–Trinajstić information content (AvgIpc) is 2.33. The molecule has 1 saturated heterocycles. The molecule has 1 heterocycles. The summed E-state index contributed by atoms with van der Waals surface area (Å²) < 4.78 is 11.0. The molecule has 4 heteroatoms. The Morgan fingerprint density at radius 1 is 1.19 bits per heavy atom. The van der Waals surface area contributed by atoms with E-state index in [1.165, 1.54) is 4.90 Å². The van der Waals surface area contributed by atoms with Crippen molar-refractivity contribution in [3.8, 4) is 0 Å². The van der Waals surface area contributed by atoms with Crippen molar-refractivity contribution in [3.05, 3.63) is 29.3 Å². The van der Waals surface area contributed by atoms with Crippen molar-refractivity contribution >= 4 is 23.4 Å². The van der Waals surface area contributed by atoms with Crippen LogP contribution in [0, 0.1) is 0 Å². The van der Waals surface area contributed by atoms with Gasteiger partial charge >= 0.3 is 0 Å². The lowest BCUT2D eigenvalue weighted by Gasteiger charge is -2.22. The fourth-order valence-electron chi connectivity index (χ4n) is 1.51. The molecule has 1 aliphatic heterocycles. The van der Waals surface area contributed by atoms with Crippen LogP contribution in [0.2, 0.25) is 5.02 Å². The molecule has 88 valence electrons. The molecule has 0 amide bonds. The summed E-state index contributed by atoms with van der Waals surface area (Å²) in [6.07, 6.45) is 1.95. The van der Waals surface area contributed by atoms with Gasteiger partial charge < -0.3 is 9.47 Å². The van der Waals surface area contributed by atoms with Gasteiger partial charge in [-0.3, -0.25) is 0 Å². The Hall–Kier alpha value is -0.220. The Morgan fingerprint density at radius 3 is 2.56 bits per heavy atom. The van der Waals surface area contributed by atoms with E-state index >= 15 is 0 Å². The normalized spacial score (nSPS) is 17.6. The zero-order valence-electron chi connectivity index (χ0n) is 9.02. The zero-order chi connectivity index (χ0) is 11.2. The quantitative estimate of drug-likeness (QED) is 0.769. The maximum Gasteiger partial charge on any atom is 0.158 e. The van der Waals surface area contributed by atoms with Crippen LogP contribution in [0.1, 0.15) is 12.8 Å². The molecule has 2 nitrogen and oxygen atoms in total. The lowest BCUT2D eigenvalue weighted by molar-refractivity contribution is -0.178. The maximum absolute atomic E-state index is 5.82. The molecule has 0 radical (unpaired) electrons. The van der Waals surface area contributed by atoms with E-state index < -0.39 is 0 Å². The summed E-state index contributed by atoms with van der Waals surface area (Å²) in [4.78, 5) is 1.24. The highest BCUT2D eigenvalue weighted by atomic mass is 35.5. The standard InChI is InChI=1S/C12H15ClO2S/c13-10-2-4-11(5-3-10)16-9-6-12-14-7-1-8-15-12/h2-5,12H,1,6-9H2. The van der Waals surface area contributed by atoms with Crippen LogP contribution in [0.25, 0.3) is 0 Å². The van der Waals surface area contributed by atoms with Gasteiger partial charge in [0.15, 0.2) is 6.29 Å². The van der Waals surface area contributed by atoms with Gasteiger partial charge in [-0.05, 0) is 30.7 Å². The molecule has 2 rings (SSSR count). The number of thioether (sulfide) groups is 1. The van der Waals surface area contributed by atoms with Crippen LogP contribution in [-0.4, -0.2) is 25.3 Å². The highest BCUT2D eigenvalue weighted by Gasteiger charge is 2.13. The van der Waals surface area contributed by atoms with E-state index in [9.17, 15) is 0 Å². The van der Waals surface area contributed by atoms with Gasteiger partial charge in [-0.2, -0.15) is 0 Å². The summed E-state index contributed by atoms with van der Waals surface area (Å²) in [7, 11) is 0. The van der Waals surface area contributed by atoms with E-state index in [4.69, 9.17) is 21.1 Å². The molecule has 16 heavy (non-hydrogen) atoms. The van der Waals surface area contributed by atoms with E-state index in [1.807, 2.05) is 24.3 Å². The number of benzene rings is 1. The summed E-state index contributed by atoms with van der Waals surface area (Å²) in [5, 5.41) is 0.781. The van der Waals surface area contributed by atoms with Crippen LogP contribution in [0.4, 0.5) is 0 Å². The lowest BCUT2D eigenvalue weighted by atomic mass is 10.4. The second-order valence-corrected chi connectivity index (χ2v) is 5.22.